The van der Waals surface area contributed by atoms with E-state index in [1.807, 2.05) is 0 Å². The summed E-state index contributed by atoms with van der Waals surface area (Å²) in [4.78, 5) is 18.9. The number of aromatic nitrogens is 1. The van der Waals surface area contributed by atoms with Crippen molar-refractivity contribution >= 4 is 28.1 Å². The molecule has 1 saturated heterocycles. The number of Topliss-reactive ketones (excluding diaryl/α,β-unsaturated/α-hetero) is 1. The number of thiazole rings is 1. The predicted octanol–water partition coefficient (Wildman–Crippen LogP) is 3.82. The summed E-state index contributed by atoms with van der Waals surface area (Å²) < 4.78 is 25.6. The topological polar surface area (TPSA) is 71.2 Å². The highest BCUT2D eigenvalue weighted by atomic mass is 32.1. The molecule has 0 unspecified atom stereocenters. The maximum atomic E-state index is 13.7. The number of ketones is 1. The number of anilines is 2. The average molecular weight is 397 g/mol. The first-order valence-electron chi connectivity index (χ1n) is 8.63. The van der Waals surface area contributed by atoms with Gasteiger partial charge in [-0.05, 0) is 45.5 Å². The van der Waals surface area contributed by atoms with Crippen LogP contribution in [0.3, 0.4) is 0 Å². The van der Waals surface area contributed by atoms with Crippen molar-refractivity contribution in [3.8, 4) is 12.8 Å². The number of likely N-dealkylation sites (tertiary alicyclic amines) is 1. The van der Waals surface area contributed by atoms with Gasteiger partial charge in [-0.15, -0.1) is 12.8 Å². The molecular weight excluding hydrogens is 370 g/mol. The fraction of sp³-hybridized carbons (Fsp3) is 0.474. The van der Waals surface area contributed by atoms with Crippen LogP contribution in [0, 0.1) is 12.8 Å². The Labute approximate surface area is 163 Å². The van der Waals surface area contributed by atoms with Crippen molar-refractivity contribution in [1.82, 2.24) is 9.88 Å². The van der Waals surface area contributed by atoms with E-state index in [0.29, 0.717) is 11.2 Å². The zero-order valence-corrected chi connectivity index (χ0v) is 16.3. The fourth-order valence-corrected chi connectivity index (χ4v) is 3.48. The molecule has 0 aliphatic carbocycles. The molecule has 27 heavy (non-hydrogen) atoms. The average Bonchev–Trinajstić information content (AvgIpc) is 3.03. The van der Waals surface area contributed by atoms with E-state index < -0.39 is 18.3 Å². The first kappa shape index (κ1) is 22.8. The monoisotopic (exact) mass is 396 g/mol. The van der Waals surface area contributed by atoms with Crippen molar-refractivity contribution in [2.75, 3.05) is 37.9 Å². The molecule has 1 aromatic heterocycles. The lowest BCUT2D eigenvalue weighted by Crippen LogP contribution is -2.36. The van der Waals surface area contributed by atoms with Crippen molar-refractivity contribution in [3.05, 3.63) is 28.9 Å². The number of carbonyl (C=O) groups is 1. The molecule has 0 aromatic carbocycles. The van der Waals surface area contributed by atoms with Gasteiger partial charge in [-0.25, -0.2) is 13.8 Å². The van der Waals surface area contributed by atoms with Crippen LogP contribution in [0.1, 0.15) is 35.4 Å². The normalized spacial score (nSPS) is 16.1. The third kappa shape index (κ3) is 7.89. The Morgan fingerprint density at radius 1 is 1.41 bits per heavy atom. The van der Waals surface area contributed by atoms with E-state index in [0.717, 1.165) is 25.9 Å². The number of alkyl halides is 1. The zero-order valence-electron chi connectivity index (χ0n) is 15.5. The van der Waals surface area contributed by atoms with E-state index in [9.17, 15) is 13.6 Å². The third-order valence-electron chi connectivity index (χ3n) is 4.01. The number of terminal acetylenes is 1. The summed E-state index contributed by atoms with van der Waals surface area (Å²) in [5.41, 5.74) is 5.82. The molecule has 1 aromatic rings. The van der Waals surface area contributed by atoms with E-state index >= 15 is 0 Å². The lowest BCUT2D eigenvalue weighted by atomic mass is 10.1. The number of piperidine rings is 1. The number of nitrogens with zero attached hydrogens (tertiary/aromatic N) is 2. The molecule has 2 heterocycles. The summed E-state index contributed by atoms with van der Waals surface area (Å²) in [5.74, 6) is -0.809. The Kier molecular flexibility index (Phi) is 10.3. The van der Waals surface area contributed by atoms with Crippen LogP contribution < -0.4 is 11.1 Å². The highest BCUT2D eigenvalue weighted by molar-refractivity contribution is 7.18. The number of nitrogens with two attached hydrogens (primary N) is 1. The van der Waals surface area contributed by atoms with Crippen LogP contribution in [0.5, 0.6) is 0 Å². The Bertz CT molecular complexity index is 676. The Morgan fingerprint density at radius 2 is 2.07 bits per heavy atom. The number of hydrogen-bond donors (Lipinski definition) is 2. The highest BCUT2D eigenvalue weighted by Crippen LogP contribution is 2.29. The second-order valence-electron chi connectivity index (χ2n) is 6.07. The smallest absolute Gasteiger partial charge is 0.185 e. The Morgan fingerprint density at radius 3 is 2.70 bits per heavy atom. The lowest BCUT2D eigenvalue weighted by Gasteiger charge is -2.29. The van der Waals surface area contributed by atoms with Gasteiger partial charge in [0.05, 0.1) is 6.42 Å². The molecule has 1 fully saturated rings. The van der Waals surface area contributed by atoms with Crippen molar-refractivity contribution in [3.63, 3.8) is 0 Å². The number of nitrogens with one attached hydrogen (secondary N) is 1. The van der Waals surface area contributed by atoms with Gasteiger partial charge in [-0.1, -0.05) is 23.5 Å². The van der Waals surface area contributed by atoms with Gasteiger partial charge in [0.25, 0.3) is 0 Å². The fourth-order valence-electron chi connectivity index (χ4n) is 2.58. The van der Waals surface area contributed by atoms with Gasteiger partial charge in [-0.3, -0.25) is 4.79 Å². The minimum atomic E-state index is -0.584. The molecule has 148 valence electrons. The molecule has 0 atom stereocenters. The SMILES string of the molecule is C#C.CN1CCC(Nc2nc(N)c(C(=O)C/C(F)=C\C/C=C\CF)s2)CC1. The van der Waals surface area contributed by atoms with Gasteiger partial charge in [0, 0.05) is 6.04 Å². The Hall–Kier alpha value is -2.24. The molecule has 3 N–H and O–H groups in total. The van der Waals surface area contributed by atoms with Crippen molar-refractivity contribution in [2.24, 2.45) is 0 Å². The van der Waals surface area contributed by atoms with Crippen molar-refractivity contribution < 1.29 is 13.6 Å². The van der Waals surface area contributed by atoms with E-state index in [-0.39, 0.29) is 23.5 Å². The van der Waals surface area contributed by atoms with Gasteiger partial charge >= 0.3 is 0 Å². The molecular formula is C19H26F2N4OS. The van der Waals surface area contributed by atoms with E-state index in [4.69, 9.17) is 5.73 Å². The van der Waals surface area contributed by atoms with E-state index in [1.165, 1.54) is 29.6 Å². The van der Waals surface area contributed by atoms with Gasteiger partial charge in [0.2, 0.25) is 0 Å². The predicted molar refractivity (Wildman–Crippen MR) is 108 cm³/mol. The summed E-state index contributed by atoms with van der Waals surface area (Å²) in [6, 6.07) is 0.309. The van der Waals surface area contributed by atoms with Gasteiger partial charge in [0.15, 0.2) is 10.9 Å². The molecule has 0 spiro atoms. The molecule has 0 bridgehead atoms. The van der Waals surface area contributed by atoms with E-state index in [2.05, 4.69) is 35.1 Å². The molecule has 8 heteroatoms. The van der Waals surface area contributed by atoms with Crippen LogP contribution >= 0.6 is 11.3 Å². The largest absolute Gasteiger partial charge is 0.382 e. The van der Waals surface area contributed by atoms with Crippen LogP contribution in [-0.4, -0.2) is 48.5 Å². The van der Waals surface area contributed by atoms with Gasteiger partial charge < -0.3 is 16.0 Å². The Balaban J connectivity index is 0.00000176. The molecule has 0 amide bonds. The minimum Gasteiger partial charge on any atom is -0.382 e. The maximum absolute atomic E-state index is 13.7. The van der Waals surface area contributed by atoms with Crippen LogP contribution in [0.4, 0.5) is 19.7 Å². The molecule has 0 radical (unpaired) electrons. The number of hydrogen-bond acceptors (Lipinski definition) is 6. The van der Waals surface area contributed by atoms with Crippen LogP contribution in [-0.2, 0) is 0 Å². The van der Waals surface area contributed by atoms with Crippen molar-refractivity contribution in [2.45, 2.75) is 31.7 Å². The molecule has 2 rings (SSSR count). The molecule has 1 aliphatic heterocycles. The van der Waals surface area contributed by atoms with Crippen LogP contribution in [0.2, 0.25) is 0 Å². The maximum Gasteiger partial charge on any atom is 0.185 e. The summed E-state index contributed by atoms with van der Waals surface area (Å²) in [6.45, 7) is 1.44. The first-order chi connectivity index (χ1) is 13.0. The quantitative estimate of drug-likeness (QED) is 0.397. The molecule has 5 nitrogen and oxygen atoms in total. The number of carbonyl (C=O) groups excluding carboxylic acids is 1. The number of halogens is 2. The lowest BCUT2D eigenvalue weighted by molar-refractivity contribution is 0.0991. The van der Waals surface area contributed by atoms with Gasteiger partial charge in [-0.2, -0.15) is 0 Å². The number of nitrogen functional groups attached to an aromatic ring is 1. The standard InChI is InChI=1S/C17H24F2N4OS.C2H2/c1-23-9-6-13(7-10-23)21-17-22-16(20)15(25-17)14(24)11-12(19)5-3-2-4-8-18;1-2/h2,4-5,13H,3,6-11,20H2,1H3,(H,21,22);1-2H/b4-2-,12-5+;. The first-order valence-corrected chi connectivity index (χ1v) is 9.44. The zero-order chi connectivity index (χ0) is 20.2. The second kappa shape index (κ2) is 12.2. The molecule has 1 aliphatic rings. The highest BCUT2D eigenvalue weighted by Gasteiger charge is 2.21. The summed E-state index contributed by atoms with van der Waals surface area (Å²) in [7, 11) is 2.09. The summed E-state index contributed by atoms with van der Waals surface area (Å²) in [5, 5.41) is 3.92. The number of rotatable bonds is 8. The van der Waals surface area contributed by atoms with Crippen molar-refractivity contribution in [1.29, 1.82) is 0 Å². The molecule has 0 saturated carbocycles. The summed E-state index contributed by atoms with van der Waals surface area (Å²) >= 11 is 1.17. The third-order valence-corrected chi connectivity index (χ3v) is 5.06. The van der Waals surface area contributed by atoms with Crippen LogP contribution in [0.15, 0.2) is 24.1 Å². The second-order valence-corrected chi connectivity index (χ2v) is 7.07. The van der Waals surface area contributed by atoms with Gasteiger partial charge in [0.1, 0.15) is 23.2 Å². The summed E-state index contributed by atoms with van der Waals surface area (Å²) in [6.07, 6.45) is 14.0. The minimum absolute atomic E-state index is 0.135. The number of allylic oxidation sites excluding steroid dienone is 4. The van der Waals surface area contributed by atoms with Crippen LogP contribution in [0.25, 0.3) is 0 Å². The van der Waals surface area contributed by atoms with E-state index in [1.54, 1.807) is 0 Å².